The van der Waals surface area contributed by atoms with Crippen molar-refractivity contribution in [2.75, 3.05) is 5.32 Å². The van der Waals surface area contributed by atoms with Crippen LogP contribution in [0.4, 0.5) is 5.69 Å². The maximum absolute atomic E-state index is 11.8. The highest BCUT2D eigenvalue weighted by molar-refractivity contribution is 6.39. The standard InChI is InChI=1S/C16H16N4O2/c1-11-6-12(2)8-14(7-11)19-15(21)16(22)20-18-10-13-4-3-5-17-9-13/h3-10H,1-2H3,(H,19,21)(H,20,22). The number of hydrazone groups is 1. The van der Waals surface area contributed by atoms with Crippen LogP contribution in [0.1, 0.15) is 16.7 Å². The fraction of sp³-hybridized carbons (Fsp3) is 0.125. The van der Waals surface area contributed by atoms with E-state index in [4.69, 9.17) is 0 Å². The number of nitrogens with one attached hydrogen (secondary N) is 2. The number of carbonyl (C=O) groups is 2. The summed E-state index contributed by atoms with van der Waals surface area (Å²) in [4.78, 5) is 27.3. The fourth-order valence-electron chi connectivity index (χ4n) is 1.90. The predicted octanol–water partition coefficient (Wildman–Crippen LogP) is 1.79. The first kappa shape index (κ1) is 15.4. The summed E-state index contributed by atoms with van der Waals surface area (Å²) < 4.78 is 0. The second-order valence-electron chi connectivity index (χ2n) is 4.82. The number of nitrogens with zero attached hydrogens (tertiary/aromatic N) is 2. The number of carbonyl (C=O) groups excluding carboxylic acids is 2. The molecule has 22 heavy (non-hydrogen) atoms. The maximum Gasteiger partial charge on any atom is 0.329 e. The van der Waals surface area contributed by atoms with Crippen molar-refractivity contribution in [3.05, 3.63) is 59.4 Å². The molecule has 2 N–H and O–H groups in total. The van der Waals surface area contributed by atoms with Crippen LogP contribution in [-0.4, -0.2) is 23.0 Å². The molecule has 0 aliphatic heterocycles. The zero-order valence-electron chi connectivity index (χ0n) is 12.3. The van der Waals surface area contributed by atoms with Gasteiger partial charge in [0, 0.05) is 23.6 Å². The summed E-state index contributed by atoms with van der Waals surface area (Å²) in [7, 11) is 0. The van der Waals surface area contributed by atoms with Gasteiger partial charge in [-0.2, -0.15) is 5.10 Å². The Kier molecular flexibility index (Phi) is 4.98. The Morgan fingerprint density at radius 1 is 1.14 bits per heavy atom. The molecule has 0 atom stereocenters. The van der Waals surface area contributed by atoms with E-state index in [-0.39, 0.29) is 0 Å². The molecule has 1 aromatic carbocycles. The van der Waals surface area contributed by atoms with Crippen LogP contribution in [0.15, 0.2) is 47.8 Å². The minimum atomic E-state index is -0.834. The molecule has 1 aromatic heterocycles. The van der Waals surface area contributed by atoms with Crippen molar-refractivity contribution in [3.8, 4) is 0 Å². The van der Waals surface area contributed by atoms with Crippen LogP contribution in [-0.2, 0) is 9.59 Å². The number of hydrogen-bond acceptors (Lipinski definition) is 4. The monoisotopic (exact) mass is 296 g/mol. The van der Waals surface area contributed by atoms with E-state index < -0.39 is 11.8 Å². The van der Waals surface area contributed by atoms with Crippen LogP contribution in [0.25, 0.3) is 0 Å². The van der Waals surface area contributed by atoms with Crippen molar-refractivity contribution in [1.82, 2.24) is 10.4 Å². The molecule has 2 rings (SSSR count). The smallest absolute Gasteiger partial charge is 0.318 e. The minimum Gasteiger partial charge on any atom is -0.318 e. The Morgan fingerprint density at radius 3 is 2.50 bits per heavy atom. The summed E-state index contributed by atoms with van der Waals surface area (Å²) in [5.41, 5.74) is 5.48. The van der Waals surface area contributed by atoms with E-state index in [1.807, 2.05) is 19.9 Å². The van der Waals surface area contributed by atoms with Crippen molar-refractivity contribution in [2.24, 2.45) is 5.10 Å². The van der Waals surface area contributed by atoms with Crippen LogP contribution in [0, 0.1) is 13.8 Å². The number of aromatic nitrogens is 1. The lowest BCUT2D eigenvalue weighted by atomic mass is 10.1. The summed E-state index contributed by atoms with van der Waals surface area (Å²) >= 11 is 0. The molecule has 0 spiro atoms. The van der Waals surface area contributed by atoms with E-state index in [1.165, 1.54) is 6.21 Å². The van der Waals surface area contributed by atoms with Gasteiger partial charge in [-0.15, -0.1) is 0 Å². The first-order valence-electron chi connectivity index (χ1n) is 6.67. The highest BCUT2D eigenvalue weighted by Gasteiger charge is 2.13. The molecule has 0 radical (unpaired) electrons. The molecule has 1 heterocycles. The second kappa shape index (κ2) is 7.12. The van der Waals surface area contributed by atoms with Crippen molar-refractivity contribution in [2.45, 2.75) is 13.8 Å². The van der Waals surface area contributed by atoms with Crippen molar-refractivity contribution >= 4 is 23.7 Å². The van der Waals surface area contributed by atoms with E-state index in [2.05, 4.69) is 20.8 Å². The summed E-state index contributed by atoms with van der Waals surface area (Å²) in [6.45, 7) is 3.84. The zero-order chi connectivity index (χ0) is 15.9. The molecule has 2 aromatic rings. The number of benzene rings is 1. The van der Waals surface area contributed by atoms with E-state index in [9.17, 15) is 9.59 Å². The lowest BCUT2D eigenvalue weighted by Crippen LogP contribution is -2.32. The average molecular weight is 296 g/mol. The fourth-order valence-corrected chi connectivity index (χ4v) is 1.90. The van der Waals surface area contributed by atoms with Gasteiger partial charge >= 0.3 is 11.8 Å². The molecule has 0 unspecified atom stereocenters. The number of pyridine rings is 1. The Balaban J connectivity index is 1.92. The van der Waals surface area contributed by atoms with Gasteiger partial charge in [-0.1, -0.05) is 12.1 Å². The molecular weight excluding hydrogens is 280 g/mol. The highest BCUT2D eigenvalue weighted by atomic mass is 16.2. The topological polar surface area (TPSA) is 83.5 Å². The Labute approximate surface area is 128 Å². The molecule has 2 amide bonds. The molecule has 0 fully saturated rings. The van der Waals surface area contributed by atoms with E-state index in [0.29, 0.717) is 5.69 Å². The summed E-state index contributed by atoms with van der Waals surface area (Å²) in [6.07, 6.45) is 4.63. The Bertz CT molecular complexity index is 691. The van der Waals surface area contributed by atoms with Gasteiger partial charge in [0.25, 0.3) is 0 Å². The van der Waals surface area contributed by atoms with Crippen LogP contribution >= 0.6 is 0 Å². The second-order valence-corrected chi connectivity index (χ2v) is 4.82. The highest BCUT2D eigenvalue weighted by Crippen LogP contribution is 2.13. The van der Waals surface area contributed by atoms with Crippen LogP contribution in [0.2, 0.25) is 0 Å². The Hall–Kier alpha value is -3.02. The van der Waals surface area contributed by atoms with E-state index in [0.717, 1.165) is 16.7 Å². The number of anilines is 1. The van der Waals surface area contributed by atoms with E-state index >= 15 is 0 Å². The average Bonchev–Trinajstić information content (AvgIpc) is 2.47. The first-order chi connectivity index (χ1) is 10.5. The van der Waals surface area contributed by atoms with Crippen molar-refractivity contribution in [3.63, 3.8) is 0 Å². The number of hydrogen-bond donors (Lipinski definition) is 2. The third-order valence-corrected chi connectivity index (χ3v) is 2.75. The van der Waals surface area contributed by atoms with Gasteiger partial charge in [0.05, 0.1) is 6.21 Å². The van der Waals surface area contributed by atoms with Gasteiger partial charge in [0.15, 0.2) is 0 Å². The molecule has 0 aliphatic rings. The predicted molar refractivity (Wildman–Crippen MR) is 84.5 cm³/mol. The molecule has 112 valence electrons. The lowest BCUT2D eigenvalue weighted by Gasteiger charge is -2.06. The lowest BCUT2D eigenvalue weighted by molar-refractivity contribution is -0.136. The van der Waals surface area contributed by atoms with Crippen molar-refractivity contribution in [1.29, 1.82) is 0 Å². The van der Waals surface area contributed by atoms with Gasteiger partial charge in [0.2, 0.25) is 0 Å². The molecule has 0 saturated heterocycles. The molecule has 0 saturated carbocycles. The Morgan fingerprint density at radius 2 is 1.86 bits per heavy atom. The van der Waals surface area contributed by atoms with Gasteiger partial charge in [0.1, 0.15) is 0 Å². The largest absolute Gasteiger partial charge is 0.329 e. The van der Waals surface area contributed by atoms with Gasteiger partial charge in [-0.3, -0.25) is 14.6 Å². The molecular formula is C16H16N4O2. The summed E-state index contributed by atoms with van der Waals surface area (Å²) in [5, 5.41) is 6.25. The normalized spacial score (nSPS) is 10.5. The molecule has 6 heteroatoms. The third kappa shape index (κ3) is 4.52. The van der Waals surface area contributed by atoms with Gasteiger partial charge in [-0.25, -0.2) is 5.43 Å². The zero-order valence-corrected chi connectivity index (χ0v) is 12.3. The maximum atomic E-state index is 11.8. The van der Waals surface area contributed by atoms with Gasteiger partial charge < -0.3 is 5.32 Å². The number of aryl methyl sites for hydroxylation is 2. The molecule has 0 aliphatic carbocycles. The van der Waals surface area contributed by atoms with Crippen molar-refractivity contribution < 1.29 is 9.59 Å². The summed E-state index contributed by atoms with van der Waals surface area (Å²) in [6, 6.07) is 9.08. The number of amides is 2. The third-order valence-electron chi connectivity index (χ3n) is 2.75. The van der Waals surface area contributed by atoms with Crippen LogP contribution in [0.3, 0.4) is 0 Å². The molecule has 0 bridgehead atoms. The summed E-state index contributed by atoms with van der Waals surface area (Å²) in [5.74, 6) is -1.60. The SMILES string of the molecule is Cc1cc(C)cc(NC(=O)C(=O)NN=Cc2cccnc2)c1. The van der Waals surface area contributed by atoms with Gasteiger partial charge in [-0.05, 0) is 43.2 Å². The molecule has 6 nitrogen and oxygen atoms in total. The van der Waals surface area contributed by atoms with E-state index in [1.54, 1.807) is 36.7 Å². The quantitative estimate of drug-likeness (QED) is 0.514. The minimum absolute atomic E-state index is 0.578. The van der Waals surface area contributed by atoms with Crippen LogP contribution < -0.4 is 10.7 Å². The number of rotatable bonds is 3. The van der Waals surface area contributed by atoms with Crippen LogP contribution in [0.5, 0.6) is 0 Å². The first-order valence-corrected chi connectivity index (χ1v) is 6.67.